The molecule has 4 rings (SSSR count). The van der Waals surface area contributed by atoms with Crippen LogP contribution in [0.2, 0.25) is 0 Å². The molecule has 2 aromatic heterocycles. The molecule has 2 aliphatic heterocycles. The Balaban J connectivity index is 1.35. The lowest BCUT2D eigenvalue weighted by Crippen LogP contribution is -2.60. The molecular formula is C18H22N6O2. The Labute approximate surface area is 152 Å². The maximum Gasteiger partial charge on any atom is 0.257 e. The van der Waals surface area contributed by atoms with Gasteiger partial charge in [-0.2, -0.15) is 0 Å². The summed E-state index contributed by atoms with van der Waals surface area (Å²) in [6, 6.07) is -0.0264. The average Bonchev–Trinajstić information content (AvgIpc) is 2.67. The fourth-order valence-corrected chi connectivity index (χ4v) is 3.53. The van der Waals surface area contributed by atoms with Crippen LogP contribution in [0, 0.1) is 5.41 Å². The van der Waals surface area contributed by atoms with Crippen molar-refractivity contribution in [2.45, 2.75) is 25.8 Å². The van der Waals surface area contributed by atoms with Crippen molar-refractivity contribution in [1.82, 2.24) is 24.8 Å². The summed E-state index contributed by atoms with van der Waals surface area (Å²) >= 11 is 0. The van der Waals surface area contributed by atoms with E-state index in [9.17, 15) is 4.79 Å². The zero-order chi connectivity index (χ0) is 18.0. The van der Waals surface area contributed by atoms with Crippen molar-refractivity contribution in [3.8, 4) is 0 Å². The van der Waals surface area contributed by atoms with Crippen LogP contribution in [0.3, 0.4) is 0 Å². The molecule has 8 heteroatoms. The zero-order valence-electron chi connectivity index (χ0n) is 14.8. The van der Waals surface area contributed by atoms with E-state index in [0.29, 0.717) is 11.5 Å². The van der Waals surface area contributed by atoms with Crippen molar-refractivity contribution in [3.05, 3.63) is 42.2 Å². The van der Waals surface area contributed by atoms with Gasteiger partial charge in [0.1, 0.15) is 6.33 Å². The fraction of sp³-hybridized carbons (Fsp3) is 0.500. The molecule has 8 nitrogen and oxygen atoms in total. The number of ether oxygens (including phenoxy) is 1. The second-order valence-corrected chi connectivity index (χ2v) is 7.11. The minimum absolute atomic E-state index is 0.00169. The van der Waals surface area contributed by atoms with Gasteiger partial charge in [-0.3, -0.25) is 4.79 Å². The molecular weight excluding hydrogens is 332 g/mol. The topological polar surface area (TPSA) is 93.1 Å². The molecule has 1 unspecified atom stereocenters. The Morgan fingerprint density at radius 2 is 1.81 bits per heavy atom. The van der Waals surface area contributed by atoms with E-state index < -0.39 is 0 Å². The van der Waals surface area contributed by atoms with Gasteiger partial charge in [0.2, 0.25) is 5.95 Å². The maximum absolute atomic E-state index is 12.6. The van der Waals surface area contributed by atoms with Crippen molar-refractivity contribution in [2.24, 2.45) is 5.41 Å². The molecule has 2 fully saturated rings. The summed E-state index contributed by atoms with van der Waals surface area (Å²) < 4.78 is 5.42. The first-order chi connectivity index (χ1) is 12.7. The SMILES string of the molecule is CC(Nc1ncc(C(=O)N2CC3(CCOCC3)C2)cn1)c1cncnc1. The number of carbonyl (C=O) groups is 1. The van der Waals surface area contributed by atoms with Gasteiger partial charge in [0.15, 0.2) is 0 Å². The van der Waals surface area contributed by atoms with E-state index in [1.54, 1.807) is 24.8 Å². The van der Waals surface area contributed by atoms with Crippen molar-refractivity contribution in [3.63, 3.8) is 0 Å². The summed E-state index contributed by atoms with van der Waals surface area (Å²) in [4.78, 5) is 31.0. The third kappa shape index (κ3) is 3.37. The van der Waals surface area contributed by atoms with Crippen LogP contribution in [0.15, 0.2) is 31.1 Å². The summed E-state index contributed by atoms with van der Waals surface area (Å²) in [6.07, 6.45) is 10.2. The third-order valence-corrected chi connectivity index (χ3v) is 5.22. The number of rotatable bonds is 4. The van der Waals surface area contributed by atoms with E-state index in [1.807, 2.05) is 11.8 Å². The lowest BCUT2D eigenvalue weighted by Gasteiger charge is -2.52. The summed E-state index contributed by atoms with van der Waals surface area (Å²) in [6.45, 7) is 5.20. The highest BCUT2D eigenvalue weighted by atomic mass is 16.5. The maximum atomic E-state index is 12.6. The van der Waals surface area contributed by atoms with Crippen LogP contribution in [-0.4, -0.2) is 57.0 Å². The molecule has 1 N–H and O–H groups in total. The standard InChI is InChI=1S/C18H22N6O2/c1-13(14-6-19-12-20-7-14)23-17-21-8-15(9-22-17)16(25)24-10-18(11-24)2-4-26-5-3-18/h6-9,12-13H,2-5,10-11H2,1H3,(H,21,22,23). The predicted octanol–water partition coefficient (Wildman–Crippen LogP) is 1.69. The highest BCUT2D eigenvalue weighted by molar-refractivity contribution is 5.94. The van der Waals surface area contributed by atoms with Crippen LogP contribution in [0.5, 0.6) is 0 Å². The smallest absolute Gasteiger partial charge is 0.257 e. The van der Waals surface area contributed by atoms with Gasteiger partial charge >= 0.3 is 0 Å². The normalized spacial score (nSPS) is 19.7. The van der Waals surface area contributed by atoms with E-state index >= 15 is 0 Å². The van der Waals surface area contributed by atoms with Crippen molar-refractivity contribution < 1.29 is 9.53 Å². The van der Waals surface area contributed by atoms with Crippen molar-refractivity contribution in [2.75, 3.05) is 31.6 Å². The lowest BCUT2D eigenvalue weighted by atomic mass is 9.73. The van der Waals surface area contributed by atoms with E-state index in [1.165, 1.54) is 6.33 Å². The Kier molecular flexibility index (Phi) is 4.50. The van der Waals surface area contributed by atoms with Crippen LogP contribution in [0.25, 0.3) is 0 Å². The number of carbonyl (C=O) groups excluding carboxylic acids is 1. The number of likely N-dealkylation sites (tertiary alicyclic amines) is 1. The van der Waals surface area contributed by atoms with Crippen molar-refractivity contribution >= 4 is 11.9 Å². The minimum Gasteiger partial charge on any atom is -0.381 e. The molecule has 0 aliphatic carbocycles. The summed E-state index contributed by atoms with van der Waals surface area (Å²) in [5.74, 6) is 0.473. The van der Waals surface area contributed by atoms with Crippen LogP contribution in [0.1, 0.15) is 41.7 Å². The first kappa shape index (κ1) is 16.8. The number of aromatic nitrogens is 4. The number of nitrogens with zero attached hydrogens (tertiary/aromatic N) is 5. The second kappa shape index (κ2) is 6.95. The Morgan fingerprint density at radius 3 is 2.46 bits per heavy atom. The highest BCUT2D eigenvalue weighted by Crippen LogP contribution is 2.40. The van der Waals surface area contributed by atoms with Crippen molar-refractivity contribution in [1.29, 1.82) is 0 Å². The van der Waals surface area contributed by atoms with Crippen LogP contribution in [-0.2, 0) is 4.74 Å². The number of hydrogen-bond donors (Lipinski definition) is 1. The first-order valence-electron chi connectivity index (χ1n) is 8.86. The molecule has 136 valence electrons. The molecule has 2 aromatic rings. The molecule has 1 spiro atoms. The molecule has 2 aliphatic rings. The monoisotopic (exact) mass is 354 g/mol. The molecule has 0 radical (unpaired) electrons. The van der Waals surface area contributed by atoms with Gasteiger partial charge in [-0.05, 0) is 19.8 Å². The van der Waals surface area contributed by atoms with E-state index in [4.69, 9.17) is 4.74 Å². The Bertz CT molecular complexity index is 753. The summed E-state index contributed by atoms with van der Waals surface area (Å²) in [5, 5.41) is 3.19. The molecule has 0 aromatic carbocycles. The van der Waals surface area contributed by atoms with Gasteiger partial charge < -0.3 is 15.0 Å². The van der Waals surface area contributed by atoms with Gasteiger partial charge in [-0.15, -0.1) is 0 Å². The number of anilines is 1. The van der Waals surface area contributed by atoms with Gasteiger partial charge in [0.05, 0.1) is 11.6 Å². The van der Waals surface area contributed by atoms with Gasteiger partial charge in [-0.25, -0.2) is 19.9 Å². The first-order valence-corrected chi connectivity index (χ1v) is 8.86. The van der Waals surface area contributed by atoms with E-state index in [0.717, 1.165) is 44.7 Å². The van der Waals surface area contributed by atoms with E-state index in [2.05, 4.69) is 25.3 Å². The molecule has 1 amide bonds. The quantitative estimate of drug-likeness (QED) is 0.893. The molecule has 0 saturated carbocycles. The van der Waals surface area contributed by atoms with Crippen LogP contribution in [0.4, 0.5) is 5.95 Å². The largest absolute Gasteiger partial charge is 0.381 e. The highest BCUT2D eigenvalue weighted by Gasteiger charge is 2.45. The second-order valence-electron chi connectivity index (χ2n) is 7.11. The van der Waals surface area contributed by atoms with Crippen LogP contribution < -0.4 is 5.32 Å². The summed E-state index contributed by atoms with van der Waals surface area (Å²) in [5.41, 5.74) is 1.73. The third-order valence-electron chi connectivity index (χ3n) is 5.22. The number of nitrogens with one attached hydrogen (secondary N) is 1. The molecule has 4 heterocycles. The fourth-order valence-electron chi connectivity index (χ4n) is 3.53. The molecule has 0 bridgehead atoms. The molecule has 1 atom stereocenters. The van der Waals surface area contributed by atoms with Crippen LogP contribution >= 0.6 is 0 Å². The number of hydrogen-bond acceptors (Lipinski definition) is 7. The van der Waals surface area contributed by atoms with Gasteiger partial charge in [-0.1, -0.05) is 0 Å². The minimum atomic E-state index is -0.0264. The average molecular weight is 354 g/mol. The van der Waals surface area contributed by atoms with Gasteiger partial charge in [0.25, 0.3) is 5.91 Å². The Morgan fingerprint density at radius 1 is 1.15 bits per heavy atom. The zero-order valence-corrected chi connectivity index (χ0v) is 14.8. The van der Waals surface area contributed by atoms with E-state index in [-0.39, 0.29) is 17.4 Å². The molecule has 26 heavy (non-hydrogen) atoms. The number of amides is 1. The Hall–Kier alpha value is -2.61. The summed E-state index contributed by atoms with van der Waals surface area (Å²) in [7, 11) is 0. The molecule has 2 saturated heterocycles. The lowest BCUT2D eigenvalue weighted by molar-refractivity contribution is -0.0666. The van der Waals surface area contributed by atoms with Gasteiger partial charge in [0, 0.05) is 62.1 Å². The predicted molar refractivity (Wildman–Crippen MR) is 94.5 cm³/mol.